The quantitative estimate of drug-likeness (QED) is 0.785. The van der Waals surface area contributed by atoms with Gasteiger partial charge >= 0.3 is 0 Å². The van der Waals surface area contributed by atoms with Crippen LogP contribution in [0.5, 0.6) is 11.5 Å². The van der Waals surface area contributed by atoms with Crippen LogP contribution >= 0.6 is 11.8 Å². The van der Waals surface area contributed by atoms with Crippen LogP contribution in [0, 0.1) is 0 Å². The maximum Gasteiger partial charge on any atom is 0.231 e. The maximum atomic E-state index is 6.12. The lowest BCUT2D eigenvalue weighted by molar-refractivity contribution is 0.172. The monoisotopic (exact) mass is 225 g/mol. The van der Waals surface area contributed by atoms with Crippen molar-refractivity contribution in [2.75, 3.05) is 13.0 Å². The van der Waals surface area contributed by atoms with Crippen LogP contribution in [0.2, 0.25) is 0 Å². The van der Waals surface area contributed by atoms with Crippen molar-refractivity contribution in [3.05, 3.63) is 17.7 Å². The first-order valence-electron chi connectivity index (χ1n) is 4.80. The molecule has 0 radical (unpaired) electrons. The molecule has 1 aliphatic rings. The Labute approximate surface area is 93.9 Å². The van der Waals surface area contributed by atoms with Gasteiger partial charge in [-0.2, -0.15) is 0 Å². The Hall–Kier alpha value is -0.870. The number of hydrogen-bond donors (Lipinski definition) is 1. The summed E-state index contributed by atoms with van der Waals surface area (Å²) < 4.78 is 10.8. The molecule has 0 spiro atoms. The first-order chi connectivity index (χ1) is 7.04. The summed E-state index contributed by atoms with van der Waals surface area (Å²) in [4.78, 5) is 1.08. The summed E-state index contributed by atoms with van der Waals surface area (Å²) in [7, 11) is 0. The normalized spacial score (nSPS) is 14.4. The molecule has 0 aliphatic carbocycles. The van der Waals surface area contributed by atoms with E-state index in [1.165, 1.54) is 0 Å². The maximum absolute atomic E-state index is 6.12. The van der Waals surface area contributed by atoms with Crippen molar-refractivity contribution >= 4 is 11.8 Å². The molecule has 1 aromatic carbocycles. The van der Waals surface area contributed by atoms with Gasteiger partial charge in [0.1, 0.15) is 0 Å². The highest BCUT2D eigenvalue weighted by Crippen LogP contribution is 2.44. The molecule has 0 saturated heterocycles. The van der Waals surface area contributed by atoms with Crippen LogP contribution in [-0.4, -0.2) is 13.0 Å². The van der Waals surface area contributed by atoms with E-state index < -0.39 is 0 Å². The van der Waals surface area contributed by atoms with Crippen molar-refractivity contribution < 1.29 is 9.47 Å². The summed E-state index contributed by atoms with van der Waals surface area (Å²) in [6, 6.07) is 3.94. The molecule has 82 valence electrons. The van der Waals surface area contributed by atoms with Crippen molar-refractivity contribution in [1.29, 1.82) is 0 Å². The van der Waals surface area contributed by atoms with E-state index in [-0.39, 0.29) is 5.54 Å². The predicted octanol–water partition coefficient (Wildman–Crippen LogP) is 2.33. The van der Waals surface area contributed by atoms with Gasteiger partial charge in [-0.05, 0) is 31.7 Å². The third kappa shape index (κ3) is 1.79. The fourth-order valence-electron chi connectivity index (χ4n) is 1.66. The lowest BCUT2D eigenvalue weighted by Crippen LogP contribution is -2.29. The summed E-state index contributed by atoms with van der Waals surface area (Å²) in [5, 5.41) is 0. The average molecular weight is 225 g/mol. The van der Waals surface area contributed by atoms with Gasteiger partial charge in [0.15, 0.2) is 11.5 Å². The summed E-state index contributed by atoms with van der Waals surface area (Å²) in [5.74, 6) is 1.64. The zero-order valence-corrected chi connectivity index (χ0v) is 9.98. The molecule has 0 aromatic heterocycles. The third-order valence-electron chi connectivity index (χ3n) is 2.39. The molecule has 0 unspecified atom stereocenters. The first-order valence-corrected chi connectivity index (χ1v) is 6.02. The van der Waals surface area contributed by atoms with Crippen LogP contribution in [0.1, 0.15) is 19.4 Å². The van der Waals surface area contributed by atoms with Crippen LogP contribution in [0.4, 0.5) is 0 Å². The lowest BCUT2D eigenvalue weighted by Gasteiger charge is -2.22. The second-order valence-electron chi connectivity index (χ2n) is 4.10. The van der Waals surface area contributed by atoms with E-state index in [4.69, 9.17) is 15.2 Å². The number of fused-ring (bicyclic) bond motifs is 1. The Morgan fingerprint density at radius 1 is 1.33 bits per heavy atom. The molecule has 1 heterocycles. The van der Waals surface area contributed by atoms with Crippen LogP contribution in [0.3, 0.4) is 0 Å². The molecule has 0 fully saturated rings. The van der Waals surface area contributed by atoms with Crippen LogP contribution in [0.15, 0.2) is 17.0 Å². The molecule has 1 aliphatic heterocycles. The van der Waals surface area contributed by atoms with E-state index >= 15 is 0 Å². The largest absolute Gasteiger partial charge is 0.454 e. The molecular weight excluding hydrogens is 210 g/mol. The second kappa shape index (κ2) is 3.61. The van der Waals surface area contributed by atoms with Gasteiger partial charge in [-0.1, -0.05) is 6.07 Å². The average Bonchev–Trinajstić information content (AvgIpc) is 2.61. The van der Waals surface area contributed by atoms with Gasteiger partial charge in [0.2, 0.25) is 6.79 Å². The van der Waals surface area contributed by atoms with E-state index in [0.29, 0.717) is 6.79 Å². The molecule has 0 amide bonds. The van der Waals surface area contributed by atoms with E-state index in [9.17, 15) is 0 Å². The molecule has 2 N–H and O–H groups in total. The fraction of sp³-hybridized carbons (Fsp3) is 0.455. The van der Waals surface area contributed by atoms with E-state index in [2.05, 4.69) is 0 Å². The van der Waals surface area contributed by atoms with Crippen molar-refractivity contribution in [3.8, 4) is 11.5 Å². The molecule has 1 aromatic rings. The smallest absolute Gasteiger partial charge is 0.231 e. The zero-order chi connectivity index (χ0) is 11.1. The molecular formula is C11H15NO2S. The SMILES string of the molecule is CSc1c(C(C)(C)N)ccc2c1OCO2. The second-order valence-corrected chi connectivity index (χ2v) is 4.92. The standard InChI is InChI=1S/C11H15NO2S/c1-11(2,12)7-4-5-8-9(10(7)15-3)14-6-13-8/h4-5H,6,12H2,1-3H3. The first kappa shape index (κ1) is 10.6. The van der Waals surface area contributed by atoms with Gasteiger partial charge in [0.25, 0.3) is 0 Å². The Balaban J connectivity index is 2.58. The number of benzene rings is 1. The molecule has 0 saturated carbocycles. The van der Waals surface area contributed by atoms with Crippen LogP contribution in [0.25, 0.3) is 0 Å². The van der Waals surface area contributed by atoms with Crippen molar-refractivity contribution in [2.24, 2.45) is 5.73 Å². The van der Waals surface area contributed by atoms with Gasteiger partial charge in [-0.15, -0.1) is 11.8 Å². The molecule has 0 bridgehead atoms. The van der Waals surface area contributed by atoms with Gasteiger partial charge in [-0.25, -0.2) is 0 Å². The van der Waals surface area contributed by atoms with Crippen molar-refractivity contribution in [1.82, 2.24) is 0 Å². The minimum atomic E-state index is -0.362. The molecule has 0 atom stereocenters. The van der Waals surface area contributed by atoms with Crippen LogP contribution < -0.4 is 15.2 Å². The van der Waals surface area contributed by atoms with Crippen molar-refractivity contribution in [3.63, 3.8) is 0 Å². The van der Waals surface area contributed by atoms with Gasteiger partial charge < -0.3 is 15.2 Å². The highest BCUT2D eigenvalue weighted by molar-refractivity contribution is 7.98. The van der Waals surface area contributed by atoms with Gasteiger partial charge in [0.05, 0.1) is 4.90 Å². The summed E-state index contributed by atoms with van der Waals surface area (Å²) in [5.41, 5.74) is 6.85. The number of rotatable bonds is 2. The third-order valence-corrected chi connectivity index (χ3v) is 3.21. The Kier molecular flexibility index (Phi) is 2.56. The Morgan fingerprint density at radius 3 is 2.67 bits per heavy atom. The fourth-order valence-corrected chi connectivity index (χ4v) is 2.55. The zero-order valence-electron chi connectivity index (χ0n) is 9.16. The topological polar surface area (TPSA) is 44.5 Å². The number of nitrogens with two attached hydrogens (primary N) is 1. The summed E-state index contributed by atoms with van der Waals surface area (Å²) >= 11 is 1.64. The minimum Gasteiger partial charge on any atom is -0.454 e. The van der Waals surface area contributed by atoms with Gasteiger partial charge in [-0.3, -0.25) is 0 Å². The highest BCUT2D eigenvalue weighted by atomic mass is 32.2. The van der Waals surface area contributed by atoms with E-state index in [1.807, 2.05) is 32.2 Å². The Bertz CT molecular complexity index is 385. The van der Waals surface area contributed by atoms with E-state index in [0.717, 1.165) is 22.0 Å². The summed E-state index contributed by atoms with van der Waals surface area (Å²) in [6.45, 7) is 4.28. The Morgan fingerprint density at radius 2 is 2.07 bits per heavy atom. The summed E-state index contributed by atoms with van der Waals surface area (Å²) in [6.07, 6.45) is 2.02. The highest BCUT2D eigenvalue weighted by Gasteiger charge is 2.26. The van der Waals surface area contributed by atoms with Crippen LogP contribution in [-0.2, 0) is 5.54 Å². The number of thioether (sulfide) groups is 1. The number of ether oxygens (including phenoxy) is 2. The molecule has 2 rings (SSSR count). The number of hydrogen-bond acceptors (Lipinski definition) is 4. The molecule has 4 heteroatoms. The van der Waals surface area contributed by atoms with E-state index in [1.54, 1.807) is 11.8 Å². The lowest BCUT2D eigenvalue weighted by atomic mass is 9.95. The minimum absolute atomic E-state index is 0.303. The predicted molar refractivity (Wildman–Crippen MR) is 61.6 cm³/mol. The van der Waals surface area contributed by atoms with Gasteiger partial charge in [0, 0.05) is 5.54 Å². The van der Waals surface area contributed by atoms with Crippen molar-refractivity contribution in [2.45, 2.75) is 24.3 Å². The molecule has 15 heavy (non-hydrogen) atoms. The molecule has 3 nitrogen and oxygen atoms in total.